The van der Waals surface area contributed by atoms with Crippen molar-refractivity contribution in [1.82, 2.24) is 9.88 Å². The molecule has 2 rings (SSSR count). The number of ether oxygens (including phenoxy) is 1. The highest BCUT2D eigenvalue weighted by Gasteiger charge is 2.20. The number of hydrogen-bond donors (Lipinski definition) is 1. The van der Waals surface area contributed by atoms with Gasteiger partial charge in [0.25, 0.3) is 0 Å². The summed E-state index contributed by atoms with van der Waals surface area (Å²) >= 11 is 4.33. The Morgan fingerprint density at radius 2 is 2.29 bits per heavy atom. The first-order valence-electron chi connectivity index (χ1n) is 6.08. The van der Waals surface area contributed by atoms with Gasteiger partial charge in [0, 0.05) is 19.1 Å². The zero-order chi connectivity index (χ0) is 12.3. The third kappa shape index (κ3) is 3.44. The predicted octanol–water partition coefficient (Wildman–Crippen LogP) is 2.33. The summed E-state index contributed by atoms with van der Waals surface area (Å²) in [5, 5.41) is 0.794. The van der Waals surface area contributed by atoms with Crippen LogP contribution in [0.1, 0.15) is 30.0 Å². The quantitative estimate of drug-likeness (QED) is 0.836. The van der Waals surface area contributed by atoms with E-state index in [2.05, 4.69) is 42.7 Å². The summed E-state index contributed by atoms with van der Waals surface area (Å²) in [6.45, 7) is 2.59. The van der Waals surface area contributed by atoms with E-state index in [-0.39, 0.29) is 0 Å². The summed E-state index contributed by atoms with van der Waals surface area (Å²) in [6, 6.07) is 4.14. The normalized spacial score (nSPS) is 20.8. The minimum atomic E-state index is 0.500. The van der Waals surface area contributed by atoms with Crippen molar-refractivity contribution in [3.05, 3.63) is 23.4 Å². The van der Waals surface area contributed by atoms with Crippen molar-refractivity contribution >= 4 is 12.6 Å². The van der Waals surface area contributed by atoms with Gasteiger partial charge in [-0.05, 0) is 38.6 Å². The van der Waals surface area contributed by atoms with Crippen molar-refractivity contribution in [3.63, 3.8) is 0 Å². The lowest BCUT2D eigenvalue weighted by atomic mass is 9.92. The van der Waals surface area contributed by atoms with E-state index in [9.17, 15) is 0 Å². The Balaban J connectivity index is 2.24. The minimum absolute atomic E-state index is 0.500. The second-order valence-corrected chi connectivity index (χ2v) is 5.32. The largest absolute Gasteiger partial charge is 0.381 e. The lowest BCUT2D eigenvalue weighted by Crippen LogP contribution is -2.20. The van der Waals surface area contributed by atoms with Crippen molar-refractivity contribution in [1.29, 1.82) is 0 Å². The fourth-order valence-electron chi connectivity index (χ4n) is 2.28. The van der Waals surface area contributed by atoms with Crippen LogP contribution in [0.5, 0.6) is 0 Å². The zero-order valence-electron chi connectivity index (χ0n) is 10.5. The van der Waals surface area contributed by atoms with Gasteiger partial charge >= 0.3 is 0 Å². The van der Waals surface area contributed by atoms with Crippen LogP contribution < -0.4 is 0 Å². The molecule has 3 nitrogen and oxygen atoms in total. The van der Waals surface area contributed by atoms with Gasteiger partial charge in [-0.25, -0.2) is 4.98 Å². The molecule has 1 aliphatic heterocycles. The maximum absolute atomic E-state index is 5.57. The molecule has 0 bridgehead atoms. The number of thiol groups is 1. The van der Waals surface area contributed by atoms with Crippen molar-refractivity contribution in [2.75, 3.05) is 27.3 Å². The van der Waals surface area contributed by atoms with Crippen LogP contribution in [0, 0.1) is 0 Å². The Morgan fingerprint density at radius 3 is 2.94 bits per heavy atom. The molecule has 0 saturated carbocycles. The van der Waals surface area contributed by atoms with Crippen LogP contribution in [0.4, 0.5) is 0 Å². The van der Waals surface area contributed by atoms with E-state index >= 15 is 0 Å². The van der Waals surface area contributed by atoms with Gasteiger partial charge in [-0.1, -0.05) is 6.07 Å². The van der Waals surface area contributed by atoms with Crippen molar-refractivity contribution in [2.45, 2.75) is 30.3 Å². The third-order valence-corrected chi connectivity index (χ3v) is 3.31. The highest BCUT2D eigenvalue weighted by atomic mass is 32.1. The second-order valence-electron chi connectivity index (χ2n) is 4.86. The smallest absolute Gasteiger partial charge is 0.0933 e. The van der Waals surface area contributed by atoms with E-state index in [1.165, 1.54) is 12.0 Å². The predicted molar refractivity (Wildman–Crippen MR) is 71.7 cm³/mol. The van der Waals surface area contributed by atoms with Gasteiger partial charge in [-0.15, -0.1) is 12.6 Å². The van der Waals surface area contributed by atoms with E-state index in [1.54, 1.807) is 0 Å². The average molecular weight is 252 g/mol. The van der Waals surface area contributed by atoms with Gasteiger partial charge in [0.15, 0.2) is 0 Å². The molecule has 0 N–H and O–H groups in total. The summed E-state index contributed by atoms with van der Waals surface area (Å²) < 4.78 is 5.57. The number of hydrogen-bond acceptors (Lipinski definition) is 4. The molecular weight excluding hydrogens is 232 g/mol. The molecule has 0 radical (unpaired) electrons. The molecule has 1 atom stereocenters. The molecule has 1 fully saturated rings. The van der Waals surface area contributed by atoms with Gasteiger partial charge < -0.3 is 9.64 Å². The summed E-state index contributed by atoms with van der Waals surface area (Å²) in [7, 11) is 4.13. The Hall–Kier alpha value is -0.580. The van der Waals surface area contributed by atoms with E-state index in [0.717, 1.165) is 36.9 Å². The lowest BCUT2D eigenvalue weighted by Gasteiger charge is -2.25. The molecule has 1 saturated heterocycles. The van der Waals surface area contributed by atoms with E-state index < -0.39 is 0 Å². The molecule has 0 aliphatic carbocycles. The highest BCUT2D eigenvalue weighted by Crippen LogP contribution is 2.28. The molecule has 4 heteroatoms. The molecule has 1 unspecified atom stereocenters. The molecule has 1 aromatic heterocycles. The molecule has 0 spiro atoms. The Labute approximate surface area is 109 Å². The molecule has 1 aromatic rings. The number of pyridine rings is 1. The van der Waals surface area contributed by atoms with Crippen LogP contribution >= 0.6 is 12.6 Å². The van der Waals surface area contributed by atoms with Crippen LogP contribution in [0.2, 0.25) is 0 Å². The third-order valence-electron chi connectivity index (χ3n) is 3.06. The molecule has 0 aromatic carbocycles. The fourth-order valence-corrected chi connectivity index (χ4v) is 2.48. The number of nitrogens with zero attached hydrogens (tertiary/aromatic N) is 2. The van der Waals surface area contributed by atoms with Gasteiger partial charge in [0.2, 0.25) is 0 Å². The maximum Gasteiger partial charge on any atom is 0.0933 e. The monoisotopic (exact) mass is 252 g/mol. The van der Waals surface area contributed by atoms with Gasteiger partial charge in [0.05, 0.1) is 17.3 Å². The van der Waals surface area contributed by atoms with E-state index in [0.29, 0.717) is 5.92 Å². The topological polar surface area (TPSA) is 25.4 Å². The summed E-state index contributed by atoms with van der Waals surface area (Å²) in [5.74, 6) is 0.500. The van der Waals surface area contributed by atoms with Crippen LogP contribution in [-0.4, -0.2) is 37.2 Å². The molecule has 0 amide bonds. The molecule has 1 aliphatic rings. The standard InChI is InChI=1S/C13H20N2OS/c1-15(2)8-12-11(5-6-13(17)14-12)10-4-3-7-16-9-10/h5-6,10H,3-4,7-9H2,1-2H3,(H,14,17). The first-order valence-corrected chi connectivity index (χ1v) is 6.53. The van der Waals surface area contributed by atoms with Gasteiger partial charge in [-0.3, -0.25) is 0 Å². The first kappa shape index (κ1) is 12.9. The van der Waals surface area contributed by atoms with Crippen molar-refractivity contribution in [2.24, 2.45) is 0 Å². The van der Waals surface area contributed by atoms with Crippen LogP contribution in [0.3, 0.4) is 0 Å². The lowest BCUT2D eigenvalue weighted by molar-refractivity contribution is 0.0798. The fraction of sp³-hybridized carbons (Fsp3) is 0.615. The summed E-state index contributed by atoms with van der Waals surface area (Å²) in [5.41, 5.74) is 2.47. The summed E-state index contributed by atoms with van der Waals surface area (Å²) in [4.78, 5) is 6.70. The number of rotatable bonds is 3. The molecular formula is C13H20N2OS. The Bertz CT molecular complexity index is 376. The zero-order valence-corrected chi connectivity index (χ0v) is 11.4. The molecule has 17 heavy (non-hydrogen) atoms. The molecule has 2 heterocycles. The van der Waals surface area contributed by atoms with Crippen LogP contribution in [0.25, 0.3) is 0 Å². The molecule has 94 valence electrons. The average Bonchev–Trinajstić information content (AvgIpc) is 2.29. The minimum Gasteiger partial charge on any atom is -0.381 e. The van der Waals surface area contributed by atoms with Crippen molar-refractivity contribution < 1.29 is 4.74 Å². The van der Waals surface area contributed by atoms with Crippen molar-refractivity contribution in [3.8, 4) is 0 Å². The SMILES string of the molecule is CN(C)Cc1nc(S)ccc1C1CCCOC1. The van der Waals surface area contributed by atoms with Gasteiger partial charge in [-0.2, -0.15) is 0 Å². The van der Waals surface area contributed by atoms with Crippen LogP contribution in [-0.2, 0) is 11.3 Å². The number of aromatic nitrogens is 1. The Morgan fingerprint density at radius 1 is 1.47 bits per heavy atom. The second kappa shape index (κ2) is 5.85. The first-order chi connectivity index (χ1) is 8.16. The Kier molecular flexibility index (Phi) is 4.42. The summed E-state index contributed by atoms with van der Waals surface area (Å²) in [6.07, 6.45) is 2.35. The van der Waals surface area contributed by atoms with E-state index in [1.807, 2.05) is 6.07 Å². The maximum atomic E-state index is 5.57. The van der Waals surface area contributed by atoms with Gasteiger partial charge in [0.1, 0.15) is 0 Å². The van der Waals surface area contributed by atoms with E-state index in [4.69, 9.17) is 4.74 Å². The highest BCUT2D eigenvalue weighted by molar-refractivity contribution is 7.80. The van der Waals surface area contributed by atoms with Crippen LogP contribution in [0.15, 0.2) is 17.2 Å².